The Morgan fingerprint density at radius 1 is 0.800 bits per heavy atom. The van der Waals surface area contributed by atoms with Gasteiger partial charge in [0.15, 0.2) is 0 Å². The van der Waals surface area contributed by atoms with Crippen molar-refractivity contribution in [3.8, 4) is 17.6 Å². The molecule has 2 saturated heterocycles. The van der Waals surface area contributed by atoms with E-state index in [2.05, 4.69) is 17.2 Å². The van der Waals surface area contributed by atoms with Gasteiger partial charge in [0.1, 0.15) is 42.1 Å². The van der Waals surface area contributed by atoms with E-state index < -0.39 is 71.1 Å². The molecule has 0 aromatic heterocycles. The van der Waals surface area contributed by atoms with Gasteiger partial charge < -0.3 is 39.6 Å². The first-order valence-electron chi connectivity index (χ1n) is 23.9. The molecule has 3 fully saturated rings. The first-order chi connectivity index (χ1) is 34.1. The lowest BCUT2D eigenvalue weighted by Crippen LogP contribution is -2.56. The van der Waals surface area contributed by atoms with Crippen LogP contribution < -0.4 is 15.0 Å². The summed E-state index contributed by atoms with van der Waals surface area (Å²) in [5.74, 6) is 2.76. The number of methoxy groups -OCH3 is 1. The first-order valence-corrected chi connectivity index (χ1v) is 23.9. The second-order valence-corrected chi connectivity index (χ2v) is 18.3. The number of rotatable bonds is 13. The largest absolute Gasteiger partial charge is 0.491 e. The van der Waals surface area contributed by atoms with E-state index in [1.807, 2.05) is 71.6 Å². The fourth-order valence-electron chi connectivity index (χ4n) is 10.9. The maximum absolute atomic E-state index is 16.4. The number of anilines is 1. The van der Waals surface area contributed by atoms with Crippen LogP contribution in [-0.4, -0.2) is 95.8 Å². The Hall–Kier alpha value is -6.86. The van der Waals surface area contributed by atoms with Crippen molar-refractivity contribution < 1.29 is 53.4 Å². The number of nitrogens with one attached hydrogen (secondary N) is 1. The summed E-state index contributed by atoms with van der Waals surface area (Å²) in [5, 5.41) is 35.7. The summed E-state index contributed by atoms with van der Waals surface area (Å²) in [6, 6.07) is 35.8. The predicted octanol–water partition coefficient (Wildman–Crippen LogP) is 6.79. The van der Waals surface area contributed by atoms with Gasteiger partial charge in [-0.15, -0.1) is 0 Å². The second-order valence-electron chi connectivity index (χ2n) is 18.3. The maximum Gasteiger partial charge on any atom is 0.421 e. The molecule has 1 aliphatic carbocycles. The number of hydrogen-bond acceptors (Lipinski definition) is 12. The molecule has 3 heterocycles. The molecule has 5 aromatic rings. The van der Waals surface area contributed by atoms with Gasteiger partial charge >= 0.3 is 12.1 Å². The van der Waals surface area contributed by atoms with Crippen molar-refractivity contribution in [3.63, 3.8) is 0 Å². The summed E-state index contributed by atoms with van der Waals surface area (Å²) in [4.78, 5) is 65.0. The number of fused-ring (bicyclic) bond motifs is 3. The molecule has 3 aliphatic heterocycles. The molecule has 70 heavy (non-hydrogen) atoms. The Kier molecular flexibility index (Phi) is 14.5. The summed E-state index contributed by atoms with van der Waals surface area (Å²) in [7, 11) is 1.45. The lowest BCUT2D eigenvalue weighted by Gasteiger charge is -2.46. The van der Waals surface area contributed by atoms with Gasteiger partial charge in [0.25, 0.3) is 0 Å². The van der Waals surface area contributed by atoms with E-state index in [9.17, 15) is 20.1 Å². The molecule has 9 rings (SSSR count). The molecule has 14 nitrogen and oxygen atoms in total. The Labute approximate surface area is 407 Å². The molecule has 3 amide bonds. The third-order valence-electron chi connectivity index (χ3n) is 14.0. The van der Waals surface area contributed by atoms with Gasteiger partial charge in [-0.3, -0.25) is 19.3 Å². The molecule has 5 aromatic carbocycles. The van der Waals surface area contributed by atoms with E-state index in [0.717, 1.165) is 36.1 Å². The predicted molar refractivity (Wildman–Crippen MR) is 258 cm³/mol. The summed E-state index contributed by atoms with van der Waals surface area (Å²) in [5.41, 5.74) is -0.232. The first kappa shape index (κ1) is 48.2. The zero-order chi connectivity index (χ0) is 48.8. The zero-order valence-electron chi connectivity index (χ0n) is 38.9. The maximum atomic E-state index is 16.4. The van der Waals surface area contributed by atoms with E-state index >= 15 is 14.4 Å². The van der Waals surface area contributed by atoms with Crippen molar-refractivity contribution in [1.82, 2.24) is 10.2 Å². The summed E-state index contributed by atoms with van der Waals surface area (Å²) < 4.78 is 23.3. The highest BCUT2D eigenvalue weighted by molar-refractivity contribution is 6.23. The average molecular weight is 948 g/mol. The molecule has 1 spiro atoms. The van der Waals surface area contributed by atoms with Crippen molar-refractivity contribution in [3.05, 3.63) is 167 Å². The van der Waals surface area contributed by atoms with Gasteiger partial charge in [-0.25, -0.2) is 9.69 Å². The number of amides is 3. The molecule has 1 saturated carbocycles. The van der Waals surface area contributed by atoms with Crippen molar-refractivity contribution in [2.75, 3.05) is 45.0 Å². The number of aliphatic hydroxyl groups is 3. The van der Waals surface area contributed by atoms with Crippen LogP contribution in [0.1, 0.15) is 96.2 Å². The number of morpholine rings is 1. The van der Waals surface area contributed by atoms with Crippen LogP contribution in [0.3, 0.4) is 0 Å². The molecule has 0 bridgehead atoms. The average Bonchev–Trinajstić information content (AvgIpc) is 3.73. The fraction of sp³-hybridized carbons (Fsp3) is 0.357. The van der Waals surface area contributed by atoms with E-state index in [1.165, 1.54) is 7.11 Å². The molecule has 4 aliphatic rings. The Morgan fingerprint density at radius 2 is 1.46 bits per heavy atom. The number of cyclic esters (lactones) is 1. The minimum atomic E-state index is -2.12. The van der Waals surface area contributed by atoms with Gasteiger partial charge in [0.2, 0.25) is 11.8 Å². The standard InChI is InChI=1S/C56H57N3O11/c1-67-33-34-69-54(65)58-44-26-21-37(27-30-55(66)28-13-2-3-14-29-55)35-43(44)56(53(58)64)46(51(62)57-36-45(61)38-15-7-4-8-16-38)48-52(63)70-49(40-19-11-6-12-20-40)47(39-17-9-5-10-18-39)59(48)50(56)41-22-24-42(25-23-41)68-32-31-60/h4-12,15-26,35,45-50,60-61,66H,2-3,13-14,28-29,31-34,36H2,1H3,(H,57,62). The van der Waals surface area contributed by atoms with Crippen molar-refractivity contribution >= 4 is 29.6 Å². The van der Waals surface area contributed by atoms with E-state index in [1.54, 1.807) is 66.7 Å². The van der Waals surface area contributed by atoms with E-state index in [4.69, 9.17) is 18.9 Å². The third kappa shape index (κ3) is 9.19. The Balaban J connectivity index is 1.32. The third-order valence-corrected chi connectivity index (χ3v) is 14.0. The lowest BCUT2D eigenvalue weighted by atomic mass is 9.65. The number of imide groups is 1. The summed E-state index contributed by atoms with van der Waals surface area (Å²) in [6.07, 6.45) is 1.44. The summed E-state index contributed by atoms with van der Waals surface area (Å²) >= 11 is 0. The zero-order valence-corrected chi connectivity index (χ0v) is 38.9. The molecular weight excluding hydrogens is 891 g/mol. The summed E-state index contributed by atoms with van der Waals surface area (Å²) in [6.45, 7) is -0.665. The Morgan fingerprint density at radius 3 is 2.11 bits per heavy atom. The molecule has 7 atom stereocenters. The van der Waals surface area contributed by atoms with Crippen LogP contribution in [0.4, 0.5) is 10.5 Å². The van der Waals surface area contributed by atoms with Gasteiger partial charge in [0, 0.05) is 19.2 Å². The van der Waals surface area contributed by atoms with Crippen LogP contribution in [0, 0.1) is 17.8 Å². The van der Waals surface area contributed by atoms with Crippen molar-refractivity contribution in [1.29, 1.82) is 0 Å². The highest BCUT2D eigenvalue weighted by atomic mass is 16.6. The van der Waals surface area contributed by atoms with Gasteiger partial charge in [-0.05, 0) is 83.8 Å². The monoisotopic (exact) mass is 947 g/mol. The van der Waals surface area contributed by atoms with Crippen LogP contribution in [0.5, 0.6) is 5.75 Å². The molecule has 7 unspecified atom stereocenters. The number of carbonyl (C=O) groups is 4. The minimum Gasteiger partial charge on any atom is -0.491 e. The number of esters is 1. The second kappa shape index (κ2) is 21.0. The molecule has 362 valence electrons. The lowest BCUT2D eigenvalue weighted by molar-refractivity contribution is -0.178. The number of nitrogens with zero attached hydrogens (tertiary/aromatic N) is 2. The fourth-order valence-corrected chi connectivity index (χ4v) is 10.9. The molecular formula is C56H57N3O11. The smallest absolute Gasteiger partial charge is 0.421 e. The number of hydrogen-bond donors (Lipinski definition) is 4. The van der Waals surface area contributed by atoms with Gasteiger partial charge in [-0.2, -0.15) is 0 Å². The van der Waals surface area contributed by atoms with Gasteiger partial charge in [-0.1, -0.05) is 128 Å². The van der Waals surface area contributed by atoms with Crippen LogP contribution >= 0.6 is 0 Å². The Bertz CT molecular complexity index is 2720. The normalized spacial score (nSPS) is 24.1. The number of aliphatic hydroxyl groups excluding tert-OH is 2. The van der Waals surface area contributed by atoms with Gasteiger partial charge in [0.05, 0.1) is 43.0 Å². The van der Waals surface area contributed by atoms with E-state index in [-0.39, 0.29) is 44.2 Å². The van der Waals surface area contributed by atoms with Crippen LogP contribution in [0.2, 0.25) is 0 Å². The minimum absolute atomic E-state index is 0.0175. The molecule has 4 N–H and O–H groups in total. The molecule has 14 heteroatoms. The van der Waals surface area contributed by atoms with Crippen LogP contribution in [0.25, 0.3) is 0 Å². The highest BCUT2D eigenvalue weighted by Crippen LogP contribution is 2.66. The topological polar surface area (TPSA) is 184 Å². The van der Waals surface area contributed by atoms with Crippen molar-refractivity contribution in [2.45, 2.75) is 79.9 Å². The number of ether oxygens (including phenoxy) is 4. The quantitative estimate of drug-likeness (QED) is 0.0420. The van der Waals surface area contributed by atoms with Crippen LogP contribution in [0.15, 0.2) is 133 Å². The van der Waals surface area contributed by atoms with Crippen molar-refractivity contribution in [2.24, 2.45) is 5.92 Å². The highest BCUT2D eigenvalue weighted by Gasteiger charge is 2.75. The van der Waals surface area contributed by atoms with E-state index in [0.29, 0.717) is 40.8 Å². The SMILES string of the molecule is COCCOC(=O)N1C(=O)C2(c3cc(C#CC4(O)CCCCCC4)ccc31)C(C(=O)NCC(O)c1ccccc1)C1C(=O)OC(c3ccccc3)C(c3ccccc3)N1C2c1ccc(OCCO)cc1. The van der Waals surface area contributed by atoms with Crippen LogP contribution in [-0.2, 0) is 34.0 Å². The number of benzene rings is 5. The molecule has 0 radical (unpaired) electrons. The number of carbonyl (C=O) groups excluding carboxylic acids is 4.